The lowest BCUT2D eigenvalue weighted by molar-refractivity contribution is -0.117. The number of hydrogen-bond acceptors (Lipinski definition) is 3. The van der Waals surface area contributed by atoms with Crippen molar-refractivity contribution in [1.29, 1.82) is 0 Å². The van der Waals surface area contributed by atoms with Crippen LogP contribution in [0.15, 0.2) is 12.4 Å². The lowest BCUT2D eigenvalue weighted by Crippen LogP contribution is -2.18. The van der Waals surface area contributed by atoms with E-state index in [4.69, 9.17) is 11.6 Å². The van der Waals surface area contributed by atoms with E-state index in [1.165, 1.54) is 25.6 Å². The molecule has 1 heterocycles. The summed E-state index contributed by atoms with van der Waals surface area (Å²) >= 11 is 5.72. The molecule has 2 rings (SSSR count). The summed E-state index contributed by atoms with van der Waals surface area (Å²) in [6, 6.07) is 1.56. The van der Waals surface area contributed by atoms with Gasteiger partial charge in [-0.2, -0.15) is 0 Å². The highest BCUT2D eigenvalue weighted by Crippen LogP contribution is 2.26. The van der Waals surface area contributed by atoms with Crippen LogP contribution in [0.1, 0.15) is 38.5 Å². The first kappa shape index (κ1) is 12.3. The summed E-state index contributed by atoms with van der Waals surface area (Å²) in [6.07, 6.45) is 8.06. The zero-order valence-electron chi connectivity index (χ0n) is 9.66. The number of anilines is 1. The monoisotopic (exact) mass is 253 g/mol. The number of nitrogens with zero attached hydrogens (tertiary/aromatic N) is 2. The molecule has 92 valence electrons. The fourth-order valence-corrected chi connectivity index (χ4v) is 2.40. The van der Waals surface area contributed by atoms with Crippen LogP contribution in [-0.4, -0.2) is 15.9 Å². The molecule has 5 heteroatoms. The molecular weight excluding hydrogens is 238 g/mol. The van der Waals surface area contributed by atoms with Gasteiger partial charge in [-0.05, 0) is 18.8 Å². The maximum Gasteiger partial charge on any atom is 0.225 e. The van der Waals surface area contributed by atoms with Crippen LogP contribution in [0.2, 0.25) is 5.15 Å². The Morgan fingerprint density at radius 2 is 2.12 bits per heavy atom. The molecule has 0 aromatic carbocycles. The second-order valence-corrected chi connectivity index (χ2v) is 4.87. The van der Waals surface area contributed by atoms with Crippen molar-refractivity contribution >= 4 is 23.3 Å². The van der Waals surface area contributed by atoms with Crippen molar-refractivity contribution in [2.45, 2.75) is 38.5 Å². The molecule has 1 aromatic rings. The smallest absolute Gasteiger partial charge is 0.225 e. The number of amides is 1. The molecule has 0 unspecified atom stereocenters. The van der Waals surface area contributed by atoms with Crippen LogP contribution < -0.4 is 5.32 Å². The lowest BCUT2D eigenvalue weighted by atomic mass is 9.87. The Bertz CT molecular complexity index is 391. The van der Waals surface area contributed by atoms with Crippen LogP contribution in [0.3, 0.4) is 0 Å². The molecule has 1 saturated carbocycles. The average Bonchev–Trinajstić information content (AvgIpc) is 2.30. The van der Waals surface area contributed by atoms with Crippen LogP contribution in [0, 0.1) is 5.92 Å². The molecule has 1 aliphatic rings. The molecule has 4 nitrogen and oxygen atoms in total. The van der Waals surface area contributed by atoms with E-state index >= 15 is 0 Å². The second kappa shape index (κ2) is 5.96. The Balaban J connectivity index is 1.84. The minimum absolute atomic E-state index is 0.0201. The summed E-state index contributed by atoms with van der Waals surface area (Å²) < 4.78 is 0. The highest BCUT2D eigenvalue weighted by Gasteiger charge is 2.17. The van der Waals surface area contributed by atoms with Crippen LogP contribution in [0.25, 0.3) is 0 Å². The molecule has 0 saturated heterocycles. The van der Waals surface area contributed by atoms with Crippen molar-refractivity contribution in [2.24, 2.45) is 5.92 Å². The van der Waals surface area contributed by atoms with Gasteiger partial charge in [-0.3, -0.25) is 4.79 Å². The molecule has 0 spiro atoms. The third-order valence-corrected chi connectivity index (χ3v) is 3.31. The standard InChI is InChI=1S/C12H16ClN3O/c13-10-7-11(15-8-14-10)16-12(17)6-9-4-2-1-3-5-9/h7-9H,1-6H2,(H,14,15,16,17). The molecule has 0 bridgehead atoms. The summed E-state index contributed by atoms with van der Waals surface area (Å²) in [7, 11) is 0. The van der Waals surface area contributed by atoms with Crippen LogP contribution in [0.5, 0.6) is 0 Å². The highest BCUT2D eigenvalue weighted by molar-refractivity contribution is 6.29. The number of rotatable bonds is 3. The molecule has 1 N–H and O–H groups in total. The molecule has 1 fully saturated rings. The maximum atomic E-state index is 11.8. The Morgan fingerprint density at radius 1 is 1.35 bits per heavy atom. The van der Waals surface area contributed by atoms with Crippen molar-refractivity contribution in [3.8, 4) is 0 Å². The molecular formula is C12H16ClN3O. The predicted octanol–water partition coefficient (Wildman–Crippen LogP) is 3.04. The van der Waals surface area contributed by atoms with Crippen molar-refractivity contribution in [3.63, 3.8) is 0 Å². The SMILES string of the molecule is O=C(CC1CCCCC1)Nc1cc(Cl)ncn1. The van der Waals surface area contributed by atoms with Gasteiger partial charge in [0.1, 0.15) is 17.3 Å². The van der Waals surface area contributed by atoms with Gasteiger partial charge >= 0.3 is 0 Å². The molecule has 0 radical (unpaired) electrons. The van der Waals surface area contributed by atoms with Crippen LogP contribution in [-0.2, 0) is 4.79 Å². The molecule has 1 amide bonds. The van der Waals surface area contributed by atoms with Crippen molar-refractivity contribution in [1.82, 2.24) is 9.97 Å². The Morgan fingerprint density at radius 3 is 2.82 bits per heavy atom. The van der Waals surface area contributed by atoms with Gasteiger partial charge in [-0.15, -0.1) is 0 Å². The fraction of sp³-hybridized carbons (Fsp3) is 0.583. The second-order valence-electron chi connectivity index (χ2n) is 4.48. The van der Waals surface area contributed by atoms with E-state index in [1.54, 1.807) is 6.07 Å². The van der Waals surface area contributed by atoms with Crippen molar-refractivity contribution < 1.29 is 4.79 Å². The number of nitrogens with one attached hydrogen (secondary N) is 1. The lowest BCUT2D eigenvalue weighted by Gasteiger charge is -2.20. The molecule has 17 heavy (non-hydrogen) atoms. The Hall–Kier alpha value is -1.16. The van der Waals surface area contributed by atoms with Crippen molar-refractivity contribution in [3.05, 3.63) is 17.5 Å². The third kappa shape index (κ3) is 3.97. The van der Waals surface area contributed by atoms with E-state index in [9.17, 15) is 4.79 Å². The largest absolute Gasteiger partial charge is 0.311 e. The summed E-state index contributed by atoms with van der Waals surface area (Å²) in [6.45, 7) is 0. The minimum Gasteiger partial charge on any atom is -0.311 e. The molecule has 0 aliphatic heterocycles. The first-order valence-electron chi connectivity index (χ1n) is 6.01. The maximum absolute atomic E-state index is 11.8. The van der Waals surface area contributed by atoms with Crippen LogP contribution in [0.4, 0.5) is 5.82 Å². The zero-order valence-corrected chi connectivity index (χ0v) is 10.4. The summed E-state index contributed by atoms with van der Waals surface area (Å²) in [5.41, 5.74) is 0. The first-order chi connectivity index (χ1) is 8.24. The van der Waals surface area contributed by atoms with E-state index < -0.39 is 0 Å². The molecule has 1 aliphatic carbocycles. The van der Waals surface area contributed by atoms with Gasteiger partial charge in [0.15, 0.2) is 0 Å². The van der Waals surface area contributed by atoms with E-state index in [-0.39, 0.29) is 5.91 Å². The summed E-state index contributed by atoms with van der Waals surface area (Å²) in [5.74, 6) is 1.03. The van der Waals surface area contributed by atoms with Gasteiger partial charge in [0.2, 0.25) is 5.91 Å². The Kier molecular flexibility index (Phi) is 4.31. The van der Waals surface area contributed by atoms with E-state index in [2.05, 4.69) is 15.3 Å². The highest BCUT2D eigenvalue weighted by atomic mass is 35.5. The van der Waals surface area contributed by atoms with E-state index in [0.717, 1.165) is 12.8 Å². The van der Waals surface area contributed by atoms with E-state index in [1.807, 2.05) is 0 Å². The molecule has 1 aromatic heterocycles. The van der Waals surface area contributed by atoms with E-state index in [0.29, 0.717) is 23.3 Å². The quantitative estimate of drug-likeness (QED) is 0.843. The normalized spacial score (nSPS) is 16.8. The number of halogens is 1. The van der Waals surface area contributed by atoms with Crippen molar-refractivity contribution in [2.75, 3.05) is 5.32 Å². The predicted molar refractivity (Wildman–Crippen MR) is 66.9 cm³/mol. The third-order valence-electron chi connectivity index (χ3n) is 3.10. The number of carbonyl (C=O) groups excluding carboxylic acids is 1. The average molecular weight is 254 g/mol. The molecule has 0 atom stereocenters. The van der Waals surface area contributed by atoms with Crippen LogP contribution >= 0.6 is 11.6 Å². The van der Waals surface area contributed by atoms with Gasteiger partial charge in [0.05, 0.1) is 0 Å². The Labute approximate surface area is 106 Å². The number of aromatic nitrogens is 2. The minimum atomic E-state index is 0.0201. The number of hydrogen-bond donors (Lipinski definition) is 1. The van der Waals surface area contributed by atoms with Gasteiger partial charge in [0.25, 0.3) is 0 Å². The van der Waals surface area contributed by atoms with Gasteiger partial charge in [-0.25, -0.2) is 9.97 Å². The van der Waals surface area contributed by atoms with Gasteiger partial charge < -0.3 is 5.32 Å². The zero-order chi connectivity index (χ0) is 12.1. The summed E-state index contributed by atoms with van der Waals surface area (Å²) in [5, 5.41) is 3.10. The van der Waals surface area contributed by atoms with Gasteiger partial charge in [-0.1, -0.05) is 30.9 Å². The number of carbonyl (C=O) groups is 1. The topological polar surface area (TPSA) is 54.9 Å². The fourth-order valence-electron chi connectivity index (χ4n) is 2.25. The summed E-state index contributed by atoms with van der Waals surface area (Å²) in [4.78, 5) is 19.5. The van der Waals surface area contributed by atoms with Gasteiger partial charge in [0, 0.05) is 12.5 Å². The first-order valence-corrected chi connectivity index (χ1v) is 6.39.